The van der Waals surface area contributed by atoms with Crippen LogP contribution in [0.25, 0.3) is 0 Å². The molecule has 4 N–H and O–H groups in total. The molecule has 2 rings (SSSR count). The van der Waals surface area contributed by atoms with Crippen LogP contribution in [0.2, 0.25) is 0 Å². The van der Waals surface area contributed by atoms with Gasteiger partial charge in [0.05, 0.1) is 7.11 Å². The molecule has 0 amide bonds. The van der Waals surface area contributed by atoms with Gasteiger partial charge in [0.25, 0.3) is 0 Å². The van der Waals surface area contributed by atoms with Crippen molar-refractivity contribution in [3.63, 3.8) is 0 Å². The van der Waals surface area contributed by atoms with Crippen molar-refractivity contribution >= 4 is 17.6 Å². The Bertz CT molecular complexity index is 449. The first-order valence-electron chi connectivity index (χ1n) is 5.96. The predicted octanol–water partition coefficient (Wildman–Crippen LogP) is -0.284. The second kappa shape index (κ2) is 4.85. The zero-order chi connectivity index (χ0) is 13.3. The van der Waals surface area contributed by atoms with Crippen molar-refractivity contribution in [1.82, 2.24) is 9.78 Å². The van der Waals surface area contributed by atoms with Crippen LogP contribution in [0.3, 0.4) is 0 Å². The summed E-state index contributed by atoms with van der Waals surface area (Å²) < 4.78 is 6.26. The van der Waals surface area contributed by atoms with E-state index in [2.05, 4.69) is 5.10 Å². The van der Waals surface area contributed by atoms with E-state index in [-0.39, 0.29) is 6.04 Å². The molecule has 1 saturated heterocycles. The van der Waals surface area contributed by atoms with Gasteiger partial charge in [-0.25, -0.2) is 4.79 Å². The molecule has 0 spiro atoms. The number of carbonyl (C=O) groups is 1. The lowest BCUT2D eigenvalue weighted by Crippen LogP contribution is -2.40. The van der Waals surface area contributed by atoms with Crippen molar-refractivity contribution in [2.45, 2.75) is 18.9 Å². The van der Waals surface area contributed by atoms with Gasteiger partial charge in [-0.2, -0.15) is 5.10 Å². The smallest absolute Gasteiger partial charge is 0.345 e. The maximum absolute atomic E-state index is 11.8. The molecule has 100 valence electrons. The van der Waals surface area contributed by atoms with Gasteiger partial charge in [0.1, 0.15) is 11.4 Å². The van der Waals surface area contributed by atoms with E-state index in [0.717, 1.165) is 25.9 Å². The second-order valence-corrected chi connectivity index (χ2v) is 4.52. The fraction of sp³-hybridized carbons (Fsp3) is 0.636. The van der Waals surface area contributed by atoms with Crippen molar-refractivity contribution in [3.05, 3.63) is 5.56 Å². The third-order valence-electron chi connectivity index (χ3n) is 3.30. The average molecular weight is 253 g/mol. The molecule has 1 fully saturated rings. The molecule has 0 unspecified atom stereocenters. The molecule has 0 atom stereocenters. The summed E-state index contributed by atoms with van der Waals surface area (Å²) in [6, 6.07) is 0.226. The van der Waals surface area contributed by atoms with Gasteiger partial charge in [-0.1, -0.05) is 0 Å². The van der Waals surface area contributed by atoms with Crippen LogP contribution in [-0.2, 0) is 11.8 Å². The van der Waals surface area contributed by atoms with Crippen molar-refractivity contribution in [2.24, 2.45) is 12.8 Å². The van der Waals surface area contributed by atoms with Gasteiger partial charge in [-0.3, -0.25) is 4.68 Å². The highest BCUT2D eigenvalue weighted by molar-refractivity contribution is 5.99. The van der Waals surface area contributed by atoms with E-state index in [4.69, 9.17) is 16.2 Å². The zero-order valence-corrected chi connectivity index (χ0v) is 10.7. The first-order chi connectivity index (χ1) is 8.54. The maximum Gasteiger partial charge on any atom is 0.345 e. The normalized spacial score (nSPS) is 16.9. The molecule has 0 saturated carbocycles. The van der Waals surface area contributed by atoms with Crippen LogP contribution in [0.1, 0.15) is 23.2 Å². The lowest BCUT2D eigenvalue weighted by Gasteiger charge is -2.30. The molecule has 7 nitrogen and oxygen atoms in total. The van der Waals surface area contributed by atoms with Gasteiger partial charge in [0, 0.05) is 26.2 Å². The van der Waals surface area contributed by atoms with E-state index in [9.17, 15) is 4.79 Å². The molecule has 1 aliphatic rings. The quantitative estimate of drug-likeness (QED) is 0.703. The molecule has 18 heavy (non-hydrogen) atoms. The number of carbonyl (C=O) groups excluding carboxylic acids is 1. The van der Waals surface area contributed by atoms with Crippen LogP contribution < -0.4 is 16.4 Å². The van der Waals surface area contributed by atoms with E-state index in [1.54, 1.807) is 7.05 Å². The number of aromatic nitrogens is 2. The Labute approximate surface area is 106 Å². The van der Waals surface area contributed by atoms with Crippen molar-refractivity contribution in [3.8, 4) is 0 Å². The Morgan fingerprint density at radius 1 is 1.44 bits per heavy atom. The summed E-state index contributed by atoms with van der Waals surface area (Å²) in [6.45, 7) is 1.56. The van der Waals surface area contributed by atoms with E-state index in [1.807, 2.05) is 4.90 Å². The predicted molar refractivity (Wildman–Crippen MR) is 68.4 cm³/mol. The second-order valence-electron chi connectivity index (χ2n) is 4.52. The summed E-state index contributed by atoms with van der Waals surface area (Å²) in [7, 11) is 3.05. The molecule has 0 aliphatic carbocycles. The van der Waals surface area contributed by atoms with E-state index in [0.29, 0.717) is 17.2 Å². The third-order valence-corrected chi connectivity index (χ3v) is 3.30. The summed E-state index contributed by atoms with van der Waals surface area (Å²) in [5.74, 6) is 0.464. The molecule has 1 aromatic rings. The fourth-order valence-corrected chi connectivity index (χ4v) is 2.15. The number of esters is 1. The average Bonchev–Trinajstić information content (AvgIpc) is 2.66. The number of ether oxygens (including phenoxy) is 1. The summed E-state index contributed by atoms with van der Waals surface area (Å²) in [6.07, 6.45) is 1.77. The van der Waals surface area contributed by atoms with Gasteiger partial charge < -0.3 is 21.1 Å². The lowest BCUT2D eigenvalue weighted by molar-refractivity contribution is 0.0602. The molecule has 1 aromatic heterocycles. The molecule has 1 aliphatic heterocycles. The largest absolute Gasteiger partial charge is 0.465 e. The number of methoxy groups -OCH3 is 1. The number of hydrogen-bond donors (Lipinski definition) is 2. The Balaban J connectivity index is 2.32. The number of anilines is 2. The molecule has 0 radical (unpaired) electrons. The highest BCUT2D eigenvalue weighted by Crippen LogP contribution is 2.27. The standard InChI is InChI=1S/C11H19N5O2/c1-15-9(13)8(11(17)18-2)10(14-15)16-5-3-7(12)4-6-16/h7H,3-6,12-13H2,1-2H3. The number of nitrogen functional groups attached to an aromatic ring is 1. The molecule has 0 aromatic carbocycles. The third kappa shape index (κ3) is 2.13. The van der Waals surface area contributed by atoms with Crippen molar-refractivity contribution in [1.29, 1.82) is 0 Å². The van der Waals surface area contributed by atoms with Crippen molar-refractivity contribution in [2.75, 3.05) is 30.8 Å². The lowest BCUT2D eigenvalue weighted by atomic mass is 10.1. The SMILES string of the molecule is COC(=O)c1c(N2CCC(N)CC2)nn(C)c1N. The molecular formula is C11H19N5O2. The fourth-order valence-electron chi connectivity index (χ4n) is 2.15. The Morgan fingerprint density at radius 2 is 2.06 bits per heavy atom. The van der Waals surface area contributed by atoms with Gasteiger partial charge >= 0.3 is 5.97 Å². The topological polar surface area (TPSA) is 99.4 Å². The summed E-state index contributed by atoms with van der Waals surface area (Å²) in [4.78, 5) is 13.8. The van der Waals surface area contributed by atoms with Gasteiger partial charge in [0.15, 0.2) is 5.82 Å². The highest BCUT2D eigenvalue weighted by atomic mass is 16.5. The number of rotatable bonds is 2. The molecule has 2 heterocycles. The highest BCUT2D eigenvalue weighted by Gasteiger charge is 2.27. The minimum absolute atomic E-state index is 0.226. The Morgan fingerprint density at radius 3 is 2.61 bits per heavy atom. The van der Waals surface area contributed by atoms with Crippen LogP contribution in [0.4, 0.5) is 11.6 Å². The Kier molecular flexibility index (Phi) is 3.42. The number of nitrogens with two attached hydrogens (primary N) is 2. The minimum Gasteiger partial charge on any atom is -0.465 e. The van der Waals surface area contributed by atoms with Crippen LogP contribution in [0, 0.1) is 0 Å². The molecule has 7 heteroatoms. The summed E-state index contributed by atoms with van der Waals surface area (Å²) >= 11 is 0. The number of hydrogen-bond acceptors (Lipinski definition) is 6. The van der Waals surface area contributed by atoms with Gasteiger partial charge in [0.2, 0.25) is 0 Å². The van der Waals surface area contributed by atoms with E-state index >= 15 is 0 Å². The summed E-state index contributed by atoms with van der Waals surface area (Å²) in [5.41, 5.74) is 12.1. The van der Waals surface area contributed by atoms with Gasteiger partial charge in [-0.05, 0) is 12.8 Å². The van der Waals surface area contributed by atoms with Crippen LogP contribution in [-0.4, -0.2) is 42.0 Å². The summed E-state index contributed by atoms with van der Waals surface area (Å²) in [5, 5.41) is 4.30. The van der Waals surface area contributed by atoms with Crippen molar-refractivity contribution < 1.29 is 9.53 Å². The van der Waals surface area contributed by atoms with E-state index < -0.39 is 5.97 Å². The molecular weight excluding hydrogens is 234 g/mol. The van der Waals surface area contributed by atoms with Crippen LogP contribution in [0.5, 0.6) is 0 Å². The first kappa shape index (κ1) is 12.7. The number of aryl methyl sites for hydroxylation is 1. The van der Waals surface area contributed by atoms with Crippen LogP contribution in [0.15, 0.2) is 0 Å². The molecule has 0 bridgehead atoms. The van der Waals surface area contributed by atoms with E-state index in [1.165, 1.54) is 11.8 Å². The maximum atomic E-state index is 11.8. The zero-order valence-electron chi connectivity index (χ0n) is 10.7. The monoisotopic (exact) mass is 253 g/mol. The number of nitrogens with zero attached hydrogens (tertiary/aromatic N) is 3. The van der Waals surface area contributed by atoms with Gasteiger partial charge in [-0.15, -0.1) is 0 Å². The first-order valence-corrected chi connectivity index (χ1v) is 5.96. The Hall–Kier alpha value is -1.76. The number of piperidine rings is 1. The van der Waals surface area contributed by atoms with Crippen LogP contribution >= 0.6 is 0 Å². The minimum atomic E-state index is -0.453.